The van der Waals surface area contributed by atoms with E-state index in [-0.39, 0.29) is 11.7 Å². The van der Waals surface area contributed by atoms with Gasteiger partial charge in [0.1, 0.15) is 0 Å². The highest BCUT2D eigenvalue weighted by atomic mass is 32.2. The topological polar surface area (TPSA) is 57.6 Å². The first-order valence-electron chi connectivity index (χ1n) is 5.70. The fourth-order valence-corrected chi connectivity index (χ4v) is 2.54. The summed E-state index contributed by atoms with van der Waals surface area (Å²) in [5.74, 6) is 0.291. The van der Waals surface area contributed by atoms with Gasteiger partial charge in [-0.2, -0.15) is 0 Å². The normalized spacial score (nSPS) is 17.4. The molecule has 0 bridgehead atoms. The molecular formula is C11H19NO3S. The number of hydrogen-bond acceptors (Lipinski definition) is 3. The monoisotopic (exact) mass is 245 g/mol. The van der Waals surface area contributed by atoms with E-state index < -0.39 is 5.97 Å². The van der Waals surface area contributed by atoms with Crippen molar-refractivity contribution in [3.63, 3.8) is 0 Å². The zero-order valence-electron chi connectivity index (χ0n) is 9.65. The molecule has 92 valence electrons. The fourth-order valence-electron chi connectivity index (χ4n) is 1.91. The molecule has 4 nitrogen and oxygen atoms in total. The van der Waals surface area contributed by atoms with Crippen LogP contribution in [0.15, 0.2) is 0 Å². The van der Waals surface area contributed by atoms with Gasteiger partial charge in [0.15, 0.2) is 0 Å². The molecule has 0 aromatic heterocycles. The summed E-state index contributed by atoms with van der Waals surface area (Å²) >= 11 is 1.18. The third kappa shape index (κ3) is 4.43. The van der Waals surface area contributed by atoms with Crippen molar-refractivity contribution >= 4 is 23.6 Å². The Bertz CT molecular complexity index is 250. The van der Waals surface area contributed by atoms with Crippen molar-refractivity contribution < 1.29 is 14.7 Å². The molecule has 0 aliphatic carbocycles. The number of carbonyl (C=O) groups excluding carboxylic acids is 1. The summed E-state index contributed by atoms with van der Waals surface area (Å²) in [5, 5.41) is 8.46. The number of rotatable bonds is 5. The molecule has 0 unspecified atom stereocenters. The minimum Gasteiger partial charge on any atom is -0.481 e. The second-order valence-corrected chi connectivity index (χ2v) is 5.10. The summed E-state index contributed by atoms with van der Waals surface area (Å²) in [4.78, 5) is 23.8. The Balaban J connectivity index is 2.20. The van der Waals surface area contributed by atoms with Crippen molar-refractivity contribution in [2.75, 3.05) is 24.6 Å². The molecule has 1 amide bonds. The molecule has 0 spiro atoms. The summed E-state index contributed by atoms with van der Waals surface area (Å²) in [6, 6.07) is 0. The molecule has 0 aromatic rings. The quantitative estimate of drug-likeness (QED) is 0.796. The van der Waals surface area contributed by atoms with Crippen LogP contribution in [-0.2, 0) is 9.59 Å². The molecular weight excluding hydrogens is 226 g/mol. The highest BCUT2D eigenvalue weighted by molar-refractivity contribution is 8.00. The number of aliphatic carboxylic acids is 1. The van der Waals surface area contributed by atoms with Gasteiger partial charge in [-0.3, -0.25) is 9.59 Å². The number of carbonyl (C=O) groups is 2. The van der Waals surface area contributed by atoms with Gasteiger partial charge < -0.3 is 10.0 Å². The Morgan fingerprint density at radius 1 is 1.31 bits per heavy atom. The maximum Gasteiger partial charge on any atom is 0.313 e. The smallest absolute Gasteiger partial charge is 0.313 e. The summed E-state index contributed by atoms with van der Waals surface area (Å²) in [6.07, 6.45) is 3.37. The van der Waals surface area contributed by atoms with Gasteiger partial charge in [-0.15, -0.1) is 11.8 Å². The minimum absolute atomic E-state index is 0.0111. The number of piperidine rings is 1. The maximum absolute atomic E-state index is 11.7. The first-order valence-corrected chi connectivity index (χ1v) is 6.86. The second kappa shape index (κ2) is 6.78. The van der Waals surface area contributed by atoms with Gasteiger partial charge >= 0.3 is 5.97 Å². The Kier molecular flexibility index (Phi) is 5.66. The predicted molar refractivity (Wildman–Crippen MR) is 64.6 cm³/mol. The summed E-state index contributed by atoms with van der Waals surface area (Å²) in [5.41, 5.74) is 0. The van der Waals surface area contributed by atoms with Crippen LogP contribution in [0.3, 0.4) is 0 Å². The average molecular weight is 245 g/mol. The van der Waals surface area contributed by atoms with Gasteiger partial charge in [-0.1, -0.05) is 13.3 Å². The Hall–Kier alpha value is -0.710. The number of thioether (sulfide) groups is 1. The van der Waals surface area contributed by atoms with Crippen molar-refractivity contribution in [1.82, 2.24) is 4.90 Å². The van der Waals surface area contributed by atoms with Crippen molar-refractivity contribution in [3.05, 3.63) is 0 Å². The van der Waals surface area contributed by atoms with Gasteiger partial charge in [0.25, 0.3) is 0 Å². The average Bonchev–Trinajstić information content (AvgIpc) is 2.28. The van der Waals surface area contributed by atoms with Crippen LogP contribution >= 0.6 is 11.8 Å². The van der Waals surface area contributed by atoms with E-state index in [4.69, 9.17) is 5.11 Å². The molecule has 0 saturated carbocycles. The van der Waals surface area contributed by atoms with E-state index in [1.54, 1.807) is 0 Å². The molecule has 1 aliphatic rings. The molecule has 1 aliphatic heterocycles. The number of likely N-dealkylation sites (tertiary alicyclic amines) is 1. The predicted octanol–water partition coefficient (Wildman–Crippen LogP) is 1.45. The lowest BCUT2D eigenvalue weighted by Gasteiger charge is -2.31. The van der Waals surface area contributed by atoms with Crippen LogP contribution in [0.4, 0.5) is 0 Å². The SMILES string of the molecule is CCC1CCN(C(=O)CSCC(=O)O)CC1. The van der Waals surface area contributed by atoms with Crippen molar-refractivity contribution in [1.29, 1.82) is 0 Å². The first-order chi connectivity index (χ1) is 7.63. The van der Waals surface area contributed by atoms with E-state index in [2.05, 4.69) is 6.92 Å². The highest BCUT2D eigenvalue weighted by Crippen LogP contribution is 2.20. The lowest BCUT2D eigenvalue weighted by Crippen LogP contribution is -2.39. The van der Waals surface area contributed by atoms with Gasteiger partial charge in [0.2, 0.25) is 5.91 Å². The lowest BCUT2D eigenvalue weighted by molar-refractivity contribution is -0.133. The molecule has 0 atom stereocenters. The number of hydrogen-bond donors (Lipinski definition) is 1. The zero-order chi connectivity index (χ0) is 12.0. The Morgan fingerprint density at radius 3 is 2.44 bits per heavy atom. The van der Waals surface area contributed by atoms with Crippen LogP contribution in [0.5, 0.6) is 0 Å². The van der Waals surface area contributed by atoms with E-state index in [0.717, 1.165) is 31.8 Å². The lowest BCUT2D eigenvalue weighted by atomic mass is 9.94. The van der Waals surface area contributed by atoms with Gasteiger partial charge in [0, 0.05) is 13.1 Å². The molecule has 1 saturated heterocycles. The molecule has 5 heteroatoms. The largest absolute Gasteiger partial charge is 0.481 e. The molecule has 1 N–H and O–H groups in total. The van der Waals surface area contributed by atoms with Crippen LogP contribution in [0.2, 0.25) is 0 Å². The highest BCUT2D eigenvalue weighted by Gasteiger charge is 2.21. The number of nitrogens with zero attached hydrogens (tertiary/aromatic N) is 1. The maximum atomic E-state index is 11.7. The second-order valence-electron chi connectivity index (χ2n) is 4.12. The molecule has 0 aromatic carbocycles. The van der Waals surface area contributed by atoms with Gasteiger partial charge in [0.05, 0.1) is 11.5 Å². The molecule has 16 heavy (non-hydrogen) atoms. The van der Waals surface area contributed by atoms with Crippen LogP contribution in [0.25, 0.3) is 0 Å². The summed E-state index contributed by atoms with van der Waals surface area (Å²) in [6.45, 7) is 3.86. The standard InChI is InChI=1S/C11H19NO3S/c1-2-9-3-5-12(6-4-9)10(13)7-16-8-11(14)15/h9H,2-8H2,1H3,(H,14,15). The fraction of sp³-hybridized carbons (Fsp3) is 0.818. The van der Waals surface area contributed by atoms with Crippen LogP contribution in [0, 0.1) is 5.92 Å². The van der Waals surface area contributed by atoms with E-state index in [1.165, 1.54) is 18.2 Å². The molecule has 1 rings (SSSR count). The Labute approximate surface area is 100 Å². The molecule has 1 heterocycles. The third-order valence-electron chi connectivity index (χ3n) is 3.00. The van der Waals surface area contributed by atoms with Crippen LogP contribution in [-0.4, -0.2) is 46.5 Å². The van der Waals surface area contributed by atoms with E-state index in [9.17, 15) is 9.59 Å². The summed E-state index contributed by atoms with van der Waals surface area (Å²) < 4.78 is 0. The van der Waals surface area contributed by atoms with E-state index >= 15 is 0 Å². The van der Waals surface area contributed by atoms with E-state index in [0.29, 0.717) is 5.75 Å². The van der Waals surface area contributed by atoms with Crippen LogP contribution < -0.4 is 0 Å². The number of carboxylic acids is 1. The van der Waals surface area contributed by atoms with Crippen molar-refractivity contribution in [2.24, 2.45) is 5.92 Å². The van der Waals surface area contributed by atoms with Crippen LogP contribution in [0.1, 0.15) is 26.2 Å². The Morgan fingerprint density at radius 2 is 1.94 bits per heavy atom. The third-order valence-corrected chi connectivity index (χ3v) is 3.90. The van der Waals surface area contributed by atoms with Crippen molar-refractivity contribution in [2.45, 2.75) is 26.2 Å². The number of amides is 1. The summed E-state index contributed by atoms with van der Waals surface area (Å²) in [7, 11) is 0. The first kappa shape index (κ1) is 13.4. The van der Waals surface area contributed by atoms with Gasteiger partial charge in [-0.25, -0.2) is 0 Å². The zero-order valence-corrected chi connectivity index (χ0v) is 10.5. The van der Waals surface area contributed by atoms with Gasteiger partial charge in [-0.05, 0) is 18.8 Å². The minimum atomic E-state index is -0.859. The number of carboxylic acid groups (broad SMARTS) is 1. The molecule has 1 fully saturated rings. The molecule has 0 radical (unpaired) electrons. The van der Waals surface area contributed by atoms with E-state index in [1.807, 2.05) is 4.90 Å². The van der Waals surface area contributed by atoms with Crippen molar-refractivity contribution in [3.8, 4) is 0 Å².